The number of aryl methyl sites for hydroxylation is 1. The second-order valence-corrected chi connectivity index (χ2v) is 4.08. The van der Waals surface area contributed by atoms with Gasteiger partial charge in [-0.05, 0) is 25.0 Å². The van der Waals surface area contributed by atoms with Crippen LogP contribution in [-0.2, 0) is 9.53 Å². The molecule has 0 aliphatic rings. The minimum Gasteiger partial charge on any atom is -0.409 e. The predicted molar refractivity (Wildman–Crippen MR) is 73.4 cm³/mol. The lowest BCUT2D eigenvalue weighted by atomic mass is 10.1. The number of anilines is 1. The molecule has 0 saturated carbocycles. The Hall–Kier alpha value is -2.08. The molecule has 104 valence electrons. The molecule has 0 heterocycles. The highest BCUT2D eigenvalue weighted by atomic mass is 16.5. The summed E-state index contributed by atoms with van der Waals surface area (Å²) < 4.78 is 5.15. The molecule has 6 heteroatoms. The fourth-order valence-corrected chi connectivity index (χ4v) is 1.66. The van der Waals surface area contributed by atoms with Crippen molar-refractivity contribution in [3.05, 3.63) is 29.3 Å². The second kappa shape index (κ2) is 7.38. The van der Waals surface area contributed by atoms with E-state index in [0.29, 0.717) is 17.9 Å². The maximum Gasteiger partial charge on any atom is 0.250 e. The molecule has 1 rings (SSSR count). The molecule has 0 aliphatic carbocycles. The van der Waals surface area contributed by atoms with E-state index in [4.69, 9.17) is 15.7 Å². The van der Waals surface area contributed by atoms with Gasteiger partial charge < -0.3 is 21.0 Å². The Morgan fingerprint density at radius 2 is 2.26 bits per heavy atom. The third kappa shape index (κ3) is 4.26. The number of oxime groups is 1. The van der Waals surface area contributed by atoms with Gasteiger partial charge in [0.1, 0.15) is 6.61 Å². The van der Waals surface area contributed by atoms with E-state index in [1.54, 1.807) is 12.1 Å². The molecule has 1 aromatic carbocycles. The van der Waals surface area contributed by atoms with Gasteiger partial charge in [-0.15, -0.1) is 0 Å². The lowest BCUT2D eigenvalue weighted by Crippen LogP contribution is -2.23. The zero-order valence-electron chi connectivity index (χ0n) is 11.1. The number of rotatable bonds is 6. The van der Waals surface area contributed by atoms with Gasteiger partial charge in [-0.3, -0.25) is 4.79 Å². The van der Waals surface area contributed by atoms with Crippen LogP contribution in [0.4, 0.5) is 5.69 Å². The number of hydrogen-bond donors (Lipinski definition) is 3. The summed E-state index contributed by atoms with van der Waals surface area (Å²) in [5.41, 5.74) is 7.43. The van der Waals surface area contributed by atoms with Crippen molar-refractivity contribution in [3.8, 4) is 0 Å². The van der Waals surface area contributed by atoms with Crippen molar-refractivity contribution in [1.82, 2.24) is 0 Å². The highest BCUT2D eigenvalue weighted by Crippen LogP contribution is 2.19. The van der Waals surface area contributed by atoms with Crippen molar-refractivity contribution in [1.29, 1.82) is 0 Å². The molecule has 0 saturated heterocycles. The summed E-state index contributed by atoms with van der Waals surface area (Å²) in [6, 6.07) is 5.29. The standard InChI is InChI=1S/C13H19N3O3/c1-3-7-19-8-11(17)15-10-6-4-5-9(2)12(10)13(14)16-18/h4-6,18H,3,7-8H2,1-2H3,(H2,14,16)(H,15,17). The van der Waals surface area contributed by atoms with E-state index in [2.05, 4.69) is 10.5 Å². The maximum absolute atomic E-state index is 11.7. The van der Waals surface area contributed by atoms with Crippen LogP contribution in [0.1, 0.15) is 24.5 Å². The molecule has 0 spiro atoms. The molecular weight excluding hydrogens is 246 g/mol. The average Bonchev–Trinajstić information content (AvgIpc) is 2.38. The van der Waals surface area contributed by atoms with E-state index >= 15 is 0 Å². The van der Waals surface area contributed by atoms with Crippen LogP contribution in [0.3, 0.4) is 0 Å². The van der Waals surface area contributed by atoms with E-state index in [0.717, 1.165) is 12.0 Å². The number of nitrogens with zero attached hydrogens (tertiary/aromatic N) is 1. The number of nitrogens with two attached hydrogens (primary N) is 1. The second-order valence-electron chi connectivity index (χ2n) is 4.08. The van der Waals surface area contributed by atoms with E-state index in [-0.39, 0.29) is 18.3 Å². The van der Waals surface area contributed by atoms with Crippen LogP contribution >= 0.6 is 0 Å². The van der Waals surface area contributed by atoms with Crippen molar-refractivity contribution in [2.24, 2.45) is 10.9 Å². The summed E-state index contributed by atoms with van der Waals surface area (Å²) in [6.45, 7) is 4.30. The normalized spacial score (nSPS) is 11.4. The Labute approximate surface area is 112 Å². The number of carbonyl (C=O) groups excluding carboxylic acids is 1. The van der Waals surface area contributed by atoms with Gasteiger partial charge in [-0.2, -0.15) is 0 Å². The minimum atomic E-state index is -0.272. The molecule has 0 aliphatic heterocycles. The first-order chi connectivity index (χ1) is 9.10. The first-order valence-corrected chi connectivity index (χ1v) is 6.05. The molecule has 0 atom stereocenters. The molecule has 1 aromatic rings. The first-order valence-electron chi connectivity index (χ1n) is 6.05. The molecule has 0 fully saturated rings. The quantitative estimate of drug-likeness (QED) is 0.238. The maximum atomic E-state index is 11.7. The number of hydrogen-bond acceptors (Lipinski definition) is 4. The summed E-state index contributed by atoms with van der Waals surface area (Å²) in [7, 11) is 0. The SMILES string of the molecule is CCCOCC(=O)Nc1cccc(C)c1/C(N)=N/O. The molecule has 0 radical (unpaired) electrons. The van der Waals surface area contributed by atoms with Crippen molar-refractivity contribution < 1.29 is 14.7 Å². The van der Waals surface area contributed by atoms with Crippen LogP contribution in [0.15, 0.2) is 23.4 Å². The van der Waals surface area contributed by atoms with Gasteiger partial charge in [0.05, 0.1) is 5.69 Å². The lowest BCUT2D eigenvalue weighted by molar-refractivity contribution is -0.120. The molecule has 6 nitrogen and oxygen atoms in total. The number of amidine groups is 1. The molecular formula is C13H19N3O3. The van der Waals surface area contributed by atoms with Crippen LogP contribution in [0.5, 0.6) is 0 Å². The van der Waals surface area contributed by atoms with Crippen LogP contribution in [0, 0.1) is 6.92 Å². The first kappa shape index (κ1) is 15.0. The zero-order valence-corrected chi connectivity index (χ0v) is 11.1. The Morgan fingerprint density at radius 3 is 2.89 bits per heavy atom. The fraction of sp³-hybridized carbons (Fsp3) is 0.385. The summed E-state index contributed by atoms with van der Waals surface area (Å²) in [6.07, 6.45) is 0.854. The van der Waals surface area contributed by atoms with E-state index in [1.165, 1.54) is 0 Å². The molecule has 4 N–H and O–H groups in total. The Morgan fingerprint density at radius 1 is 1.53 bits per heavy atom. The topological polar surface area (TPSA) is 96.9 Å². The third-order valence-electron chi connectivity index (χ3n) is 2.49. The summed E-state index contributed by atoms with van der Waals surface area (Å²) >= 11 is 0. The van der Waals surface area contributed by atoms with Gasteiger partial charge in [0, 0.05) is 12.2 Å². The highest BCUT2D eigenvalue weighted by Gasteiger charge is 2.12. The van der Waals surface area contributed by atoms with Crippen LogP contribution in [0.2, 0.25) is 0 Å². The van der Waals surface area contributed by atoms with Gasteiger partial charge in [0.15, 0.2) is 5.84 Å². The van der Waals surface area contributed by atoms with Crippen LogP contribution in [0.25, 0.3) is 0 Å². The van der Waals surface area contributed by atoms with Gasteiger partial charge >= 0.3 is 0 Å². The summed E-state index contributed by atoms with van der Waals surface area (Å²) in [5.74, 6) is -0.311. The Balaban J connectivity index is 2.83. The van der Waals surface area contributed by atoms with Crippen LogP contribution in [-0.4, -0.2) is 30.2 Å². The number of nitrogens with one attached hydrogen (secondary N) is 1. The van der Waals surface area contributed by atoms with Gasteiger partial charge in [0.2, 0.25) is 5.91 Å². The molecule has 1 amide bonds. The van der Waals surface area contributed by atoms with Gasteiger partial charge in [0.25, 0.3) is 0 Å². The van der Waals surface area contributed by atoms with E-state index in [1.807, 2.05) is 19.9 Å². The monoisotopic (exact) mass is 265 g/mol. The Kier molecular flexibility index (Phi) is 5.81. The van der Waals surface area contributed by atoms with E-state index < -0.39 is 0 Å². The lowest BCUT2D eigenvalue weighted by Gasteiger charge is -2.12. The van der Waals surface area contributed by atoms with Gasteiger partial charge in [-0.1, -0.05) is 24.2 Å². The number of benzene rings is 1. The van der Waals surface area contributed by atoms with Crippen LogP contribution < -0.4 is 11.1 Å². The highest BCUT2D eigenvalue weighted by molar-refractivity contribution is 6.06. The zero-order chi connectivity index (χ0) is 14.3. The number of carbonyl (C=O) groups is 1. The average molecular weight is 265 g/mol. The third-order valence-corrected chi connectivity index (χ3v) is 2.49. The fourth-order valence-electron chi connectivity index (χ4n) is 1.66. The van der Waals surface area contributed by atoms with Crippen molar-refractivity contribution >= 4 is 17.4 Å². The Bertz CT molecular complexity index is 472. The molecule has 19 heavy (non-hydrogen) atoms. The predicted octanol–water partition coefficient (Wildman–Crippen LogP) is 1.45. The van der Waals surface area contributed by atoms with Gasteiger partial charge in [-0.25, -0.2) is 0 Å². The molecule has 0 unspecified atom stereocenters. The summed E-state index contributed by atoms with van der Waals surface area (Å²) in [4.78, 5) is 11.7. The van der Waals surface area contributed by atoms with Crippen molar-refractivity contribution in [2.75, 3.05) is 18.5 Å². The molecule has 0 aromatic heterocycles. The van der Waals surface area contributed by atoms with Crippen molar-refractivity contribution in [2.45, 2.75) is 20.3 Å². The largest absolute Gasteiger partial charge is 0.409 e. The smallest absolute Gasteiger partial charge is 0.250 e. The van der Waals surface area contributed by atoms with E-state index in [9.17, 15) is 4.79 Å². The number of ether oxygens (including phenoxy) is 1. The molecule has 0 bridgehead atoms. The summed E-state index contributed by atoms with van der Waals surface area (Å²) in [5, 5.41) is 14.4. The number of amides is 1. The van der Waals surface area contributed by atoms with Crippen molar-refractivity contribution in [3.63, 3.8) is 0 Å². The minimum absolute atomic E-state index is 0.0165.